The molecule has 0 spiro atoms. The molecule has 0 atom stereocenters. The normalized spacial score (nSPS) is 15.8. The lowest BCUT2D eigenvalue weighted by Crippen LogP contribution is -2.44. The van der Waals surface area contributed by atoms with Gasteiger partial charge in [0, 0.05) is 39.5 Å². The summed E-state index contributed by atoms with van der Waals surface area (Å²) in [5, 5.41) is 0. The summed E-state index contributed by atoms with van der Waals surface area (Å²) in [6.45, 7) is 11.7. The van der Waals surface area contributed by atoms with Crippen LogP contribution in [-0.4, -0.2) is 65.6 Å². The number of likely N-dealkylation sites (tertiary alicyclic amines) is 1. The molecule has 7 nitrogen and oxygen atoms in total. The third-order valence-electron chi connectivity index (χ3n) is 4.37. The van der Waals surface area contributed by atoms with Gasteiger partial charge in [-0.3, -0.25) is 0 Å². The van der Waals surface area contributed by atoms with E-state index in [2.05, 4.69) is 32.8 Å². The Hall–Kier alpha value is -1.83. The molecule has 0 saturated carbocycles. The van der Waals surface area contributed by atoms with Crippen LogP contribution in [0.15, 0.2) is 15.5 Å². The number of ether oxygens (including phenoxy) is 2. The monoisotopic (exact) mass is 454 g/mol. The van der Waals surface area contributed by atoms with E-state index in [-0.39, 0.29) is 12.2 Å². The van der Waals surface area contributed by atoms with Crippen molar-refractivity contribution >= 4 is 34.0 Å². The van der Waals surface area contributed by atoms with Crippen LogP contribution in [0.25, 0.3) is 0 Å². The first-order chi connectivity index (χ1) is 13.1. The number of aliphatic imine (C=N–C) groups is 1. The Balaban J connectivity index is 1.95. The van der Waals surface area contributed by atoms with Crippen LogP contribution in [0.2, 0.25) is 0 Å². The van der Waals surface area contributed by atoms with Gasteiger partial charge < -0.3 is 19.3 Å². The van der Waals surface area contributed by atoms with E-state index in [4.69, 9.17) is 9.47 Å². The molecule has 0 bridgehead atoms. The third kappa shape index (κ3) is 6.65. The maximum atomic E-state index is 12.2. The van der Waals surface area contributed by atoms with Crippen molar-refractivity contribution < 1.29 is 14.3 Å². The SMILES string of the molecule is CCN(C)/C=N/c1cc(Br)c(OC2CCN(C(=O)OC(C)(C)C)CC2)nc1C. The second kappa shape index (κ2) is 9.58. The Morgan fingerprint density at radius 2 is 2.07 bits per heavy atom. The Labute approximate surface area is 176 Å². The molecule has 1 aromatic heterocycles. The van der Waals surface area contributed by atoms with Gasteiger partial charge in [-0.1, -0.05) is 0 Å². The van der Waals surface area contributed by atoms with Gasteiger partial charge in [0.15, 0.2) is 0 Å². The molecule has 1 amide bonds. The number of piperidine rings is 1. The van der Waals surface area contributed by atoms with Crippen LogP contribution in [0.3, 0.4) is 0 Å². The molecule has 0 N–H and O–H groups in total. The smallest absolute Gasteiger partial charge is 0.410 e. The van der Waals surface area contributed by atoms with Gasteiger partial charge in [0.25, 0.3) is 0 Å². The molecule has 8 heteroatoms. The number of hydrogen-bond acceptors (Lipinski definition) is 5. The van der Waals surface area contributed by atoms with Crippen LogP contribution in [0.5, 0.6) is 5.88 Å². The number of nitrogens with zero attached hydrogens (tertiary/aromatic N) is 4. The zero-order valence-electron chi connectivity index (χ0n) is 17.7. The number of aryl methyl sites for hydroxylation is 1. The fourth-order valence-corrected chi connectivity index (χ4v) is 3.04. The Kier molecular flexibility index (Phi) is 7.69. The molecule has 1 fully saturated rings. The van der Waals surface area contributed by atoms with Crippen molar-refractivity contribution in [1.29, 1.82) is 0 Å². The van der Waals surface area contributed by atoms with Crippen molar-refractivity contribution in [2.24, 2.45) is 4.99 Å². The summed E-state index contributed by atoms with van der Waals surface area (Å²) in [5.74, 6) is 0.566. The molecule has 1 aliphatic rings. The lowest BCUT2D eigenvalue weighted by Gasteiger charge is -2.33. The largest absolute Gasteiger partial charge is 0.473 e. The Morgan fingerprint density at radius 3 is 2.64 bits per heavy atom. The average molecular weight is 455 g/mol. The fourth-order valence-electron chi connectivity index (χ4n) is 2.65. The van der Waals surface area contributed by atoms with E-state index in [9.17, 15) is 4.79 Å². The molecule has 156 valence electrons. The minimum atomic E-state index is -0.479. The van der Waals surface area contributed by atoms with Crippen LogP contribution in [0, 0.1) is 6.92 Å². The van der Waals surface area contributed by atoms with Gasteiger partial charge in [-0.2, -0.15) is 0 Å². The van der Waals surface area contributed by atoms with Gasteiger partial charge in [0.1, 0.15) is 11.7 Å². The summed E-state index contributed by atoms with van der Waals surface area (Å²) in [7, 11) is 1.97. The zero-order chi connectivity index (χ0) is 20.9. The summed E-state index contributed by atoms with van der Waals surface area (Å²) in [6.07, 6.45) is 3.03. The van der Waals surface area contributed by atoms with Gasteiger partial charge in [-0.15, -0.1) is 0 Å². The number of carbonyl (C=O) groups is 1. The third-order valence-corrected chi connectivity index (χ3v) is 4.94. The van der Waals surface area contributed by atoms with E-state index in [0.717, 1.165) is 35.2 Å². The number of rotatable bonds is 5. The second-order valence-corrected chi connectivity index (χ2v) is 8.84. The molecular weight excluding hydrogens is 424 g/mol. The summed E-state index contributed by atoms with van der Waals surface area (Å²) < 4.78 is 12.3. The van der Waals surface area contributed by atoms with Gasteiger partial charge >= 0.3 is 6.09 Å². The summed E-state index contributed by atoms with van der Waals surface area (Å²) in [6, 6.07) is 1.92. The van der Waals surface area contributed by atoms with Crippen molar-refractivity contribution in [2.75, 3.05) is 26.7 Å². The number of hydrogen-bond donors (Lipinski definition) is 0. The first-order valence-corrected chi connectivity index (χ1v) is 10.4. The molecule has 2 heterocycles. The highest BCUT2D eigenvalue weighted by molar-refractivity contribution is 9.10. The lowest BCUT2D eigenvalue weighted by molar-refractivity contribution is 0.0122. The highest BCUT2D eigenvalue weighted by Gasteiger charge is 2.28. The van der Waals surface area contributed by atoms with E-state index in [0.29, 0.717) is 19.0 Å². The number of halogens is 1. The summed E-state index contributed by atoms with van der Waals surface area (Å²) in [5.41, 5.74) is 1.14. The van der Waals surface area contributed by atoms with Gasteiger partial charge in [0.05, 0.1) is 22.2 Å². The van der Waals surface area contributed by atoms with E-state index in [1.807, 2.05) is 45.7 Å². The molecule has 2 rings (SSSR count). The predicted octanol–water partition coefficient (Wildman–Crippen LogP) is 4.54. The summed E-state index contributed by atoms with van der Waals surface area (Å²) >= 11 is 3.54. The second-order valence-electron chi connectivity index (χ2n) is 7.98. The molecule has 0 unspecified atom stereocenters. The van der Waals surface area contributed by atoms with Crippen molar-refractivity contribution in [3.05, 3.63) is 16.2 Å². The number of amides is 1. The molecule has 0 aromatic carbocycles. The molecular formula is C20H31BrN4O3. The number of carbonyl (C=O) groups excluding carboxylic acids is 1. The first kappa shape index (κ1) is 22.5. The quantitative estimate of drug-likeness (QED) is 0.482. The first-order valence-electron chi connectivity index (χ1n) is 9.65. The molecule has 1 aromatic rings. The molecule has 1 aliphatic heterocycles. The van der Waals surface area contributed by atoms with Gasteiger partial charge in [-0.25, -0.2) is 14.8 Å². The lowest BCUT2D eigenvalue weighted by atomic mass is 10.1. The van der Waals surface area contributed by atoms with Gasteiger partial charge in [-0.05, 0) is 56.6 Å². The minimum Gasteiger partial charge on any atom is -0.473 e. The van der Waals surface area contributed by atoms with E-state index in [1.54, 1.807) is 11.2 Å². The van der Waals surface area contributed by atoms with Crippen molar-refractivity contribution in [2.45, 2.75) is 59.2 Å². The topological polar surface area (TPSA) is 67.3 Å². The summed E-state index contributed by atoms with van der Waals surface area (Å²) in [4.78, 5) is 25.0. The van der Waals surface area contributed by atoms with E-state index >= 15 is 0 Å². The maximum absolute atomic E-state index is 12.2. The molecule has 0 aliphatic carbocycles. The zero-order valence-corrected chi connectivity index (χ0v) is 19.2. The minimum absolute atomic E-state index is 0.0162. The highest BCUT2D eigenvalue weighted by Crippen LogP contribution is 2.31. The predicted molar refractivity (Wildman–Crippen MR) is 115 cm³/mol. The standard InChI is InChI=1S/C20H31BrN4O3/c1-7-24(6)13-22-17-12-16(21)18(23-14(17)2)27-15-8-10-25(11-9-15)19(26)28-20(3,4)5/h12-13,15H,7-11H2,1-6H3/b22-13+. The van der Waals surface area contributed by atoms with Crippen LogP contribution in [0.1, 0.15) is 46.2 Å². The van der Waals surface area contributed by atoms with Crippen LogP contribution < -0.4 is 4.74 Å². The Morgan fingerprint density at radius 1 is 1.43 bits per heavy atom. The number of pyridine rings is 1. The van der Waals surface area contributed by atoms with E-state index in [1.165, 1.54) is 0 Å². The van der Waals surface area contributed by atoms with Crippen molar-refractivity contribution in [3.63, 3.8) is 0 Å². The van der Waals surface area contributed by atoms with Crippen LogP contribution in [0.4, 0.5) is 10.5 Å². The maximum Gasteiger partial charge on any atom is 0.410 e. The highest BCUT2D eigenvalue weighted by atomic mass is 79.9. The van der Waals surface area contributed by atoms with Crippen molar-refractivity contribution in [1.82, 2.24) is 14.8 Å². The van der Waals surface area contributed by atoms with Gasteiger partial charge in [0.2, 0.25) is 5.88 Å². The van der Waals surface area contributed by atoms with Crippen LogP contribution >= 0.6 is 15.9 Å². The number of aromatic nitrogens is 1. The molecule has 1 saturated heterocycles. The fraction of sp³-hybridized carbons (Fsp3) is 0.650. The Bertz CT molecular complexity index is 710. The molecule has 28 heavy (non-hydrogen) atoms. The van der Waals surface area contributed by atoms with Crippen LogP contribution in [-0.2, 0) is 4.74 Å². The van der Waals surface area contributed by atoms with E-state index < -0.39 is 5.60 Å². The van der Waals surface area contributed by atoms with Crippen molar-refractivity contribution in [3.8, 4) is 5.88 Å². The average Bonchev–Trinajstić information content (AvgIpc) is 2.62. The molecule has 0 radical (unpaired) electrons.